The molecule has 2 heterocycles. The molecule has 1 atom stereocenters. The Morgan fingerprint density at radius 2 is 1.62 bits per heavy atom. The first-order chi connectivity index (χ1) is 16.4. The Morgan fingerprint density at radius 1 is 0.941 bits per heavy atom. The molecule has 0 aliphatic carbocycles. The van der Waals surface area contributed by atoms with E-state index in [1.807, 2.05) is 14.1 Å². The topological polar surface area (TPSA) is 86.4 Å². The zero-order chi connectivity index (χ0) is 24.1. The van der Waals surface area contributed by atoms with Crippen LogP contribution in [-0.4, -0.2) is 88.7 Å². The van der Waals surface area contributed by atoms with Gasteiger partial charge in [0.05, 0.1) is 6.04 Å². The maximum atomic E-state index is 12.6. The highest BCUT2D eigenvalue weighted by Crippen LogP contribution is 2.32. The maximum absolute atomic E-state index is 12.6. The summed E-state index contributed by atoms with van der Waals surface area (Å²) in [5, 5.41) is 5.49. The van der Waals surface area contributed by atoms with Crippen LogP contribution in [0.3, 0.4) is 0 Å². The Morgan fingerprint density at radius 3 is 2.29 bits per heavy atom. The zero-order valence-electron chi connectivity index (χ0n) is 20.0. The summed E-state index contributed by atoms with van der Waals surface area (Å²) >= 11 is 0. The predicted octanol–water partition coefficient (Wildman–Crippen LogP) is 1.57. The van der Waals surface area contributed by atoms with Gasteiger partial charge in [-0.05, 0) is 36.9 Å². The number of fused-ring (bicyclic) bond motifs is 1. The van der Waals surface area contributed by atoms with Crippen molar-refractivity contribution in [2.24, 2.45) is 0 Å². The van der Waals surface area contributed by atoms with Crippen LogP contribution in [0, 0.1) is 0 Å². The van der Waals surface area contributed by atoms with Gasteiger partial charge in [-0.25, -0.2) is 0 Å². The number of likely N-dealkylation sites (N-methyl/N-ethyl adjacent to an activating group) is 1. The molecular weight excluding hydrogens is 434 g/mol. The summed E-state index contributed by atoms with van der Waals surface area (Å²) in [4.78, 5) is 31.9. The van der Waals surface area contributed by atoms with Gasteiger partial charge in [0.1, 0.15) is 13.2 Å². The maximum Gasteiger partial charge on any atom is 0.313 e. The fourth-order valence-electron chi connectivity index (χ4n) is 4.16. The van der Waals surface area contributed by atoms with E-state index in [-0.39, 0.29) is 6.04 Å². The molecule has 9 heteroatoms. The number of benzene rings is 2. The van der Waals surface area contributed by atoms with E-state index in [0.717, 1.165) is 37.4 Å². The van der Waals surface area contributed by atoms with Gasteiger partial charge >= 0.3 is 11.8 Å². The third-order valence-electron chi connectivity index (χ3n) is 6.24. The number of ether oxygens (including phenoxy) is 2. The van der Waals surface area contributed by atoms with Crippen molar-refractivity contribution in [3.05, 3.63) is 48.0 Å². The Kier molecular flexibility index (Phi) is 7.54. The number of nitrogens with one attached hydrogen (secondary N) is 2. The number of nitrogens with zero attached hydrogens (tertiary/aromatic N) is 3. The minimum atomic E-state index is -0.711. The molecule has 0 bridgehead atoms. The van der Waals surface area contributed by atoms with E-state index in [4.69, 9.17) is 9.47 Å². The number of amides is 2. The third-order valence-corrected chi connectivity index (χ3v) is 6.24. The summed E-state index contributed by atoms with van der Waals surface area (Å²) in [5.74, 6) is -0.194. The second-order valence-electron chi connectivity index (χ2n) is 8.86. The molecule has 2 aromatic carbocycles. The van der Waals surface area contributed by atoms with Crippen LogP contribution in [0.15, 0.2) is 42.5 Å². The van der Waals surface area contributed by atoms with Crippen LogP contribution in [0.5, 0.6) is 11.5 Å². The first-order valence-electron chi connectivity index (χ1n) is 11.6. The molecule has 2 amide bonds. The van der Waals surface area contributed by atoms with Gasteiger partial charge in [-0.3, -0.25) is 14.5 Å². The summed E-state index contributed by atoms with van der Waals surface area (Å²) in [6, 6.07) is 13.4. The number of carbonyl (C=O) groups is 2. The quantitative estimate of drug-likeness (QED) is 0.624. The summed E-state index contributed by atoms with van der Waals surface area (Å²) in [6.45, 7) is 5.02. The average molecular weight is 468 g/mol. The monoisotopic (exact) mass is 467 g/mol. The molecule has 0 saturated carbocycles. The summed E-state index contributed by atoms with van der Waals surface area (Å²) in [5.41, 5.74) is 2.71. The highest BCUT2D eigenvalue weighted by Gasteiger charge is 2.26. The molecular formula is C25H33N5O4. The molecule has 0 aromatic heterocycles. The van der Waals surface area contributed by atoms with E-state index >= 15 is 0 Å². The summed E-state index contributed by atoms with van der Waals surface area (Å²) in [7, 11) is 6.13. The van der Waals surface area contributed by atoms with E-state index < -0.39 is 11.8 Å². The number of hydrogen-bond donors (Lipinski definition) is 2. The highest BCUT2D eigenvalue weighted by atomic mass is 16.6. The molecule has 2 aliphatic heterocycles. The molecule has 2 N–H and O–H groups in total. The number of anilines is 2. The number of carbonyl (C=O) groups excluding carboxylic acids is 2. The molecule has 34 heavy (non-hydrogen) atoms. The standard InChI is InChI=1S/C25H33N5O4/c1-28(2)20-7-4-18(5-8-20)21(30-12-10-29(3)11-13-30)17-26-24(31)25(32)27-19-6-9-22-23(16-19)34-15-14-33-22/h4-9,16,21H,10-15,17H2,1-3H3,(H,26,31)(H,27,32). The highest BCUT2D eigenvalue weighted by molar-refractivity contribution is 6.39. The lowest BCUT2D eigenvalue weighted by molar-refractivity contribution is -0.136. The van der Waals surface area contributed by atoms with E-state index in [2.05, 4.69) is 56.6 Å². The molecule has 1 saturated heterocycles. The molecule has 9 nitrogen and oxygen atoms in total. The smallest absolute Gasteiger partial charge is 0.313 e. The lowest BCUT2D eigenvalue weighted by Gasteiger charge is -2.38. The van der Waals surface area contributed by atoms with Crippen LogP contribution in [0.4, 0.5) is 11.4 Å². The van der Waals surface area contributed by atoms with Gasteiger partial charge < -0.3 is 29.9 Å². The van der Waals surface area contributed by atoms with Gasteiger partial charge in [0, 0.05) is 64.3 Å². The van der Waals surface area contributed by atoms with E-state index in [0.29, 0.717) is 36.9 Å². The average Bonchev–Trinajstić information content (AvgIpc) is 2.85. The minimum absolute atomic E-state index is 0.0176. The van der Waals surface area contributed by atoms with Crippen molar-refractivity contribution >= 4 is 23.2 Å². The SMILES string of the molecule is CN1CCN(C(CNC(=O)C(=O)Nc2ccc3c(c2)OCCO3)c2ccc(N(C)C)cc2)CC1. The van der Waals surface area contributed by atoms with Gasteiger partial charge in [-0.2, -0.15) is 0 Å². The van der Waals surface area contributed by atoms with Crippen LogP contribution in [0.25, 0.3) is 0 Å². The van der Waals surface area contributed by atoms with Crippen molar-refractivity contribution < 1.29 is 19.1 Å². The Labute approximate surface area is 200 Å². The molecule has 1 unspecified atom stereocenters. The zero-order valence-corrected chi connectivity index (χ0v) is 20.0. The van der Waals surface area contributed by atoms with E-state index in [9.17, 15) is 9.59 Å². The van der Waals surface area contributed by atoms with Gasteiger partial charge in [0.2, 0.25) is 0 Å². The largest absolute Gasteiger partial charge is 0.486 e. The molecule has 2 aliphatic rings. The number of hydrogen-bond acceptors (Lipinski definition) is 7. The Bertz CT molecular complexity index is 1000. The third kappa shape index (κ3) is 5.78. The lowest BCUT2D eigenvalue weighted by atomic mass is 10.0. The van der Waals surface area contributed by atoms with Gasteiger partial charge in [0.25, 0.3) is 0 Å². The molecule has 0 spiro atoms. The van der Waals surface area contributed by atoms with Crippen LogP contribution in [-0.2, 0) is 9.59 Å². The minimum Gasteiger partial charge on any atom is -0.486 e. The summed E-state index contributed by atoms with van der Waals surface area (Å²) in [6.07, 6.45) is 0. The molecule has 0 radical (unpaired) electrons. The first kappa shape index (κ1) is 23.8. The van der Waals surface area contributed by atoms with Crippen LogP contribution >= 0.6 is 0 Å². The van der Waals surface area contributed by atoms with Crippen molar-refractivity contribution in [3.63, 3.8) is 0 Å². The first-order valence-corrected chi connectivity index (χ1v) is 11.6. The molecule has 4 rings (SSSR count). The second kappa shape index (κ2) is 10.8. The van der Waals surface area contributed by atoms with Crippen molar-refractivity contribution in [2.75, 3.05) is 77.3 Å². The summed E-state index contributed by atoms with van der Waals surface area (Å²) < 4.78 is 11.0. The fourth-order valence-corrected chi connectivity index (χ4v) is 4.16. The Hall–Kier alpha value is -3.30. The molecule has 2 aromatic rings. The molecule has 1 fully saturated rings. The van der Waals surface area contributed by atoms with Crippen molar-refractivity contribution in [1.29, 1.82) is 0 Å². The van der Waals surface area contributed by atoms with Crippen LogP contribution in [0.1, 0.15) is 11.6 Å². The van der Waals surface area contributed by atoms with Gasteiger partial charge in [-0.1, -0.05) is 12.1 Å². The molecule has 182 valence electrons. The van der Waals surface area contributed by atoms with Crippen molar-refractivity contribution in [2.45, 2.75) is 6.04 Å². The lowest BCUT2D eigenvalue weighted by Crippen LogP contribution is -2.49. The van der Waals surface area contributed by atoms with Crippen LogP contribution in [0.2, 0.25) is 0 Å². The predicted molar refractivity (Wildman–Crippen MR) is 132 cm³/mol. The number of rotatable bonds is 6. The van der Waals surface area contributed by atoms with Crippen molar-refractivity contribution in [3.8, 4) is 11.5 Å². The fraction of sp³-hybridized carbons (Fsp3) is 0.440. The second-order valence-corrected chi connectivity index (χ2v) is 8.86. The Balaban J connectivity index is 1.40. The van der Waals surface area contributed by atoms with Crippen molar-refractivity contribution in [1.82, 2.24) is 15.1 Å². The van der Waals surface area contributed by atoms with Crippen LogP contribution < -0.4 is 25.0 Å². The van der Waals surface area contributed by atoms with E-state index in [1.54, 1.807) is 18.2 Å². The normalized spacial score (nSPS) is 17.0. The van der Waals surface area contributed by atoms with Gasteiger partial charge in [-0.15, -0.1) is 0 Å². The van der Waals surface area contributed by atoms with Gasteiger partial charge in [0.15, 0.2) is 11.5 Å². The van der Waals surface area contributed by atoms with E-state index in [1.165, 1.54) is 0 Å². The number of piperazine rings is 1.